The zero-order valence-corrected chi connectivity index (χ0v) is 9.68. The van der Waals surface area contributed by atoms with E-state index in [1.54, 1.807) is 6.92 Å². The molecule has 0 radical (unpaired) electrons. The molecular formula is C10H12FN3O4. The number of rotatable bonds is 5. The minimum Gasteiger partial charge on any atom is -0.444 e. The van der Waals surface area contributed by atoms with Crippen LogP contribution in [0.5, 0.6) is 0 Å². The summed E-state index contributed by atoms with van der Waals surface area (Å²) in [5.41, 5.74) is 3.22. The third kappa shape index (κ3) is 3.37. The maximum Gasteiger partial charge on any atom is 0.307 e. The first-order chi connectivity index (χ1) is 8.45. The molecule has 1 rings (SSSR count). The maximum atomic E-state index is 13.0. The van der Waals surface area contributed by atoms with E-state index in [0.29, 0.717) is 6.42 Å². The van der Waals surface area contributed by atoms with Crippen LogP contribution in [0.4, 0.5) is 4.39 Å². The lowest BCUT2D eigenvalue weighted by Gasteiger charge is -2.07. The second-order valence-corrected chi connectivity index (χ2v) is 3.45. The monoisotopic (exact) mass is 257 g/mol. The highest BCUT2D eigenvalue weighted by Gasteiger charge is 2.14. The van der Waals surface area contributed by atoms with Crippen molar-refractivity contribution in [2.75, 3.05) is 0 Å². The van der Waals surface area contributed by atoms with Crippen LogP contribution in [0.25, 0.3) is 0 Å². The Morgan fingerprint density at radius 1 is 1.56 bits per heavy atom. The average Bonchev–Trinajstić information content (AvgIpc) is 2.30. The number of amides is 1. The molecule has 8 heteroatoms. The molecule has 1 aromatic heterocycles. The molecule has 0 fully saturated rings. The SMILES string of the molecule is CCCC(=O)OCn1cc(F)nc(C(N)=O)c1=O. The van der Waals surface area contributed by atoms with Gasteiger partial charge in [-0.2, -0.15) is 4.39 Å². The minimum absolute atomic E-state index is 0.186. The van der Waals surface area contributed by atoms with Gasteiger partial charge in [0.05, 0.1) is 6.20 Å². The van der Waals surface area contributed by atoms with E-state index in [4.69, 9.17) is 10.5 Å². The van der Waals surface area contributed by atoms with E-state index >= 15 is 0 Å². The highest BCUT2D eigenvalue weighted by Crippen LogP contribution is 1.96. The predicted molar refractivity (Wildman–Crippen MR) is 58.0 cm³/mol. The van der Waals surface area contributed by atoms with Gasteiger partial charge in [-0.05, 0) is 6.42 Å². The van der Waals surface area contributed by atoms with Crippen molar-refractivity contribution in [1.29, 1.82) is 0 Å². The summed E-state index contributed by atoms with van der Waals surface area (Å²) in [7, 11) is 0. The Morgan fingerprint density at radius 2 is 2.22 bits per heavy atom. The number of esters is 1. The lowest BCUT2D eigenvalue weighted by Crippen LogP contribution is -2.32. The Balaban J connectivity index is 2.93. The molecule has 0 aromatic carbocycles. The molecule has 7 nitrogen and oxygen atoms in total. The number of ether oxygens (including phenoxy) is 1. The second kappa shape index (κ2) is 5.89. The van der Waals surface area contributed by atoms with Gasteiger partial charge >= 0.3 is 5.97 Å². The van der Waals surface area contributed by atoms with E-state index in [9.17, 15) is 18.8 Å². The van der Waals surface area contributed by atoms with Crippen molar-refractivity contribution >= 4 is 11.9 Å². The number of carbonyl (C=O) groups is 2. The summed E-state index contributed by atoms with van der Waals surface area (Å²) in [6, 6.07) is 0. The van der Waals surface area contributed by atoms with Crippen molar-refractivity contribution in [2.24, 2.45) is 5.73 Å². The third-order valence-electron chi connectivity index (χ3n) is 2.00. The molecule has 18 heavy (non-hydrogen) atoms. The molecule has 2 N–H and O–H groups in total. The van der Waals surface area contributed by atoms with Gasteiger partial charge in [0.1, 0.15) is 0 Å². The van der Waals surface area contributed by atoms with Gasteiger partial charge in [0.2, 0.25) is 5.95 Å². The minimum atomic E-state index is -1.15. The van der Waals surface area contributed by atoms with Crippen molar-refractivity contribution in [3.63, 3.8) is 0 Å². The summed E-state index contributed by atoms with van der Waals surface area (Å²) >= 11 is 0. The zero-order valence-electron chi connectivity index (χ0n) is 9.68. The highest BCUT2D eigenvalue weighted by molar-refractivity contribution is 5.90. The van der Waals surface area contributed by atoms with E-state index in [2.05, 4.69) is 4.98 Å². The molecule has 0 unspecified atom stereocenters. The van der Waals surface area contributed by atoms with Crippen LogP contribution in [-0.2, 0) is 16.3 Å². The summed E-state index contributed by atoms with van der Waals surface area (Å²) in [5, 5.41) is 0. The van der Waals surface area contributed by atoms with Crippen molar-refractivity contribution < 1.29 is 18.7 Å². The molecule has 0 aliphatic rings. The van der Waals surface area contributed by atoms with Crippen LogP contribution in [0.1, 0.15) is 30.3 Å². The number of primary amides is 1. The van der Waals surface area contributed by atoms with E-state index < -0.39 is 35.8 Å². The molecule has 0 atom stereocenters. The Hall–Kier alpha value is -2.25. The van der Waals surface area contributed by atoms with Crippen LogP contribution in [-0.4, -0.2) is 21.4 Å². The Kier molecular flexibility index (Phi) is 4.52. The number of hydrogen-bond acceptors (Lipinski definition) is 5. The lowest BCUT2D eigenvalue weighted by atomic mass is 10.3. The second-order valence-electron chi connectivity index (χ2n) is 3.45. The van der Waals surface area contributed by atoms with Gasteiger partial charge < -0.3 is 10.5 Å². The fourth-order valence-corrected chi connectivity index (χ4v) is 1.18. The maximum absolute atomic E-state index is 13.0. The van der Waals surface area contributed by atoms with E-state index in [1.807, 2.05) is 0 Å². The topological polar surface area (TPSA) is 104 Å². The molecule has 0 aliphatic heterocycles. The van der Waals surface area contributed by atoms with E-state index in [1.165, 1.54) is 0 Å². The number of aromatic nitrogens is 2. The summed E-state index contributed by atoms with van der Waals surface area (Å²) in [6.07, 6.45) is 1.50. The first kappa shape index (κ1) is 13.8. The van der Waals surface area contributed by atoms with Gasteiger partial charge in [-0.25, -0.2) is 4.98 Å². The van der Waals surface area contributed by atoms with Gasteiger partial charge in [0.25, 0.3) is 11.5 Å². The van der Waals surface area contributed by atoms with Gasteiger partial charge in [0.15, 0.2) is 12.4 Å². The van der Waals surface area contributed by atoms with Gasteiger partial charge in [0, 0.05) is 6.42 Å². The van der Waals surface area contributed by atoms with Crippen molar-refractivity contribution in [1.82, 2.24) is 9.55 Å². The Morgan fingerprint density at radius 3 is 2.78 bits per heavy atom. The number of hydrogen-bond donors (Lipinski definition) is 1. The third-order valence-corrected chi connectivity index (χ3v) is 2.00. The first-order valence-corrected chi connectivity index (χ1v) is 5.18. The lowest BCUT2D eigenvalue weighted by molar-refractivity contribution is -0.147. The standard InChI is InChI=1S/C10H12FN3O4/c1-2-3-7(15)18-5-14-4-6(11)13-8(9(12)16)10(14)17/h4H,2-3,5H2,1H3,(H2,12,16). The molecule has 1 amide bonds. The molecule has 98 valence electrons. The smallest absolute Gasteiger partial charge is 0.307 e. The van der Waals surface area contributed by atoms with Gasteiger partial charge in [-0.3, -0.25) is 19.0 Å². The average molecular weight is 257 g/mol. The van der Waals surface area contributed by atoms with Crippen molar-refractivity contribution in [2.45, 2.75) is 26.5 Å². The Labute approximate surface area is 101 Å². The summed E-state index contributed by atoms with van der Waals surface area (Å²) < 4.78 is 18.5. The van der Waals surface area contributed by atoms with Crippen LogP contribution in [0, 0.1) is 5.95 Å². The molecule has 1 heterocycles. The van der Waals surface area contributed by atoms with Crippen LogP contribution in [0.3, 0.4) is 0 Å². The highest BCUT2D eigenvalue weighted by atomic mass is 19.1. The summed E-state index contributed by atoms with van der Waals surface area (Å²) in [6.45, 7) is 1.29. The normalized spacial score (nSPS) is 10.1. The van der Waals surface area contributed by atoms with Crippen LogP contribution in [0.15, 0.2) is 11.0 Å². The molecular weight excluding hydrogens is 245 g/mol. The quantitative estimate of drug-likeness (QED) is 0.734. The summed E-state index contributed by atoms with van der Waals surface area (Å²) in [5.74, 6) is -2.73. The largest absolute Gasteiger partial charge is 0.444 e. The number of carbonyl (C=O) groups excluding carboxylic acids is 2. The fraction of sp³-hybridized carbons (Fsp3) is 0.400. The van der Waals surface area contributed by atoms with Crippen molar-refractivity contribution in [3.8, 4) is 0 Å². The number of nitrogens with zero attached hydrogens (tertiary/aromatic N) is 2. The van der Waals surface area contributed by atoms with Gasteiger partial charge in [-0.1, -0.05) is 6.92 Å². The Bertz CT molecular complexity index is 526. The summed E-state index contributed by atoms with van der Waals surface area (Å²) in [4.78, 5) is 36.6. The van der Waals surface area contributed by atoms with E-state index in [-0.39, 0.29) is 6.42 Å². The molecule has 0 saturated heterocycles. The number of halogens is 1. The number of nitrogens with two attached hydrogens (primary N) is 1. The molecule has 0 aliphatic carbocycles. The molecule has 0 bridgehead atoms. The molecule has 1 aromatic rings. The molecule has 0 saturated carbocycles. The molecule has 0 spiro atoms. The van der Waals surface area contributed by atoms with Crippen LogP contribution >= 0.6 is 0 Å². The first-order valence-electron chi connectivity index (χ1n) is 5.18. The van der Waals surface area contributed by atoms with Crippen LogP contribution < -0.4 is 11.3 Å². The van der Waals surface area contributed by atoms with E-state index in [0.717, 1.165) is 10.8 Å². The predicted octanol–water partition coefficient (Wildman–Crippen LogP) is -0.218. The fourth-order valence-electron chi connectivity index (χ4n) is 1.18. The van der Waals surface area contributed by atoms with Crippen LogP contribution in [0.2, 0.25) is 0 Å². The van der Waals surface area contributed by atoms with Crippen molar-refractivity contribution in [3.05, 3.63) is 28.2 Å². The van der Waals surface area contributed by atoms with Gasteiger partial charge in [-0.15, -0.1) is 0 Å². The zero-order chi connectivity index (χ0) is 13.7.